The van der Waals surface area contributed by atoms with Crippen LogP contribution >= 0.6 is 0 Å². The highest BCUT2D eigenvalue weighted by Gasteiger charge is 2.23. The van der Waals surface area contributed by atoms with E-state index in [0.717, 1.165) is 9.87 Å². The molecule has 0 atom stereocenters. The number of methoxy groups -OCH3 is 1. The van der Waals surface area contributed by atoms with Gasteiger partial charge in [-0.1, -0.05) is 6.07 Å². The van der Waals surface area contributed by atoms with Crippen LogP contribution in [0.1, 0.15) is 22.8 Å². The molecule has 0 aliphatic rings. The van der Waals surface area contributed by atoms with Gasteiger partial charge >= 0.3 is 0 Å². The van der Waals surface area contributed by atoms with Crippen LogP contribution < -0.4 is 14.8 Å². The molecule has 0 fully saturated rings. The molecule has 0 bridgehead atoms. The fourth-order valence-electron chi connectivity index (χ4n) is 2.42. The molecule has 0 aliphatic heterocycles. The van der Waals surface area contributed by atoms with Crippen LogP contribution in [0.25, 0.3) is 0 Å². The van der Waals surface area contributed by atoms with Crippen molar-refractivity contribution in [3.63, 3.8) is 0 Å². The van der Waals surface area contributed by atoms with E-state index in [0.29, 0.717) is 23.6 Å². The van der Waals surface area contributed by atoms with Crippen molar-refractivity contribution in [2.75, 3.05) is 33.1 Å². The summed E-state index contributed by atoms with van der Waals surface area (Å²) in [5, 5.41) is 2.72. The fraction of sp³-hybridized carbons (Fsp3) is 0.316. The molecular formula is C19H24N2O5S. The quantitative estimate of drug-likeness (QED) is 0.783. The topological polar surface area (TPSA) is 84.9 Å². The van der Waals surface area contributed by atoms with Gasteiger partial charge in [-0.15, -0.1) is 0 Å². The number of hydrogen-bond donors (Lipinski definition) is 1. The molecule has 27 heavy (non-hydrogen) atoms. The van der Waals surface area contributed by atoms with Crippen LogP contribution in [0.2, 0.25) is 0 Å². The Hall–Kier alpha value is -2.58. The third-order valence-electron chi connectivity index (χ3n) is 3.93. The minimum Gasteiger partial charge on any atom is -0.496 e. The van der Waals surface area contributed by atoms with Gasteiger partial charge in [0.05, 0.1) is 13.7 Å². The number of sulfonamides is 1. The number of nitrogens with one attached hydrogen (secondary N) is 1. The van der Waals surface area contributed by atoms with Crippen LogP contribution in [0.4, 0.5) is 5.69 Å². The molecule has 7 nitrogen and oxygen atoms in total. The Balaban J connectivity index is 2.38. The molecule has 0 heterocycles. The molecule has 2 aromatic carbocycles. The lowest BCUT2D eigenvalue weighted by Crippen LogP contribution is -2.23. The van der Waals surface area contributed by atoms with Crippen molar-refractivity contribution in [2.45, 2.75) is 18.7 Å². The molecular weight excluding hydrogens is 368 g/mol. The first-order valence-electron chi connectivity index (χ1n) is 8.36. The van der Waals surface area contributed by atoms with Crippen molar-refractivity contribution in [1.82, 2.24) is 4.31 Å². The SMILES string of the molecule is CCOc1ccc(NC(=O)c2ccc(C)c(OC)c2)cc1S(=O)(=O)N(C)C. The minimum atomic E-state index is -3.73. The predicted molar refractivity (Wildman–Crippen MR) is 104 cm³/mol. The average Bonchev–Trinajstić information content (AvgIpc) is 2.63. The summed E-state index contributed by atoms with van der Waals surface area (Å²) in [6.07, 6.45) is 0. The summed E-state index contributed by atoms with van der Waals surface area (Å²) in [5.41, 5.74) is 1.67. The highest BCUT2D eigenvalue weighted by Crippen LogP contribution is 2.29. The van der Waals surface area contributed by atoms with Crippen molar-refractivity contribution >= 4 is 21.6 Å². The Kier molecular flexibility index (Phi) is 6.45. The van der Waals surface area contributed by atoms with E-state index in [9.17, 15) is 13.2 Å². The van der Waals surface area contributed by atoms with Crippen LogP contribution in [0.15, 0.2) is 41.3 Å². The molecule has 0 aromatic heterocycles. The lowest BCUT2D eigenvalue weighted by molar-refractivity contribution is 0.102. The second-order valence-corrected chi connectivity index (χ2v) is 8.14. The molecule has 2 rings (SSSR count). The number of carbonyl (C=O) groups excluding carboxylic acids is 1. The average molecular weight is 392 g/mol. The Morgan fingerprint density at radius 1 is 1.11 bits per heavy atom. The van der Waals surface area contributed by atoms with Gasteiger partial charge < -0.3 is 14.8 Å². The molecule has 2 aromatic rings. The third-order valence-corrected chi connectivity index (χ3v) is 5.77. The molecule has 0 unspecified atom stereocenters. The first-order chi connectivity index (χ1) is 12.7. The molecule has 0 saturated carbocycles. The van der Waals surface area contributed by atoms with E-state index >= 15 is 0 Å². The Morgan fingerprint density at radius 2 is 1.81 bits per heavy atom. The second kappa shape index (κ2) is 8.41. The maximum absolute atomic E-state index is 12.6. The van der Waals surface area contributed by atoms with E-state index in [-0.39, 0.29) is 16.6 Å². The number of benzene rings is 2. The smallest absolute Gasteiger partial charge is 0.255 e. The van der Waals surface area contributed by atoms with Gasteiger partial charge in [0.25, 0.3) is 5.91 Å². The second-order valence-electron chi connectivity index (χ2n) is 6.02. The molecule has 1 amide bonds. The van der Waals surface area contributed by atoms with Crippen LogP contribution in [-0.2, 0) is 10.0 Å². The van der Waals surface area contributed by atoms with Crippen molar-refractivity contribution < 1.29 is 22.7 Å². The summed E-state index contributed by atoms with van der Waals surface area (Å²) in [7, 11) is 0.683. The van der Waals surface area contributed by atoms with E-state index in [1.165, 1.54) is 33.3 Å². The Morgan fingerprint density at radius 3 is 2.41 bits per heavy atom. The first-order valence-corrected chi connectivity index (χ1v) is 9.80. The fourth-order valence-corrected chi connectivity index (χ4v) is 3.47. The van der Waals surface area contributed by atoms with Gasteiger partial charge in [-0.25, -0.2) is 12.7 Å². The highest BCUT2D eigenvalue weighted by molar-refractivity contribution is 7.89. The minimum absolute atomic E-state index is 0.00589. The standard InChI is InChI=1S/C19H24N2O5S/c1-6-26-16-10-9-15(12-18(16)27(23,24)21(3)4)20-19(22)14-8-7-13(2)17(11-14)25-5/h7-12H,6H2,1-5H3,(H,20,22). The lowest BCUT2D eigenvalue weighted by atomic mass is 10.1. The molecule has 0 saturated heterocycles. The highest BCUT2D eigenvalue weighted by atomic mass is 32.2. The van der Waals surface area contributed by atoms with Gasteiger partial charge in [0, 0.05) is 25.3 Å². The van der Waals surface area contributed by atoms with Crippen molar-refractivity contribution in [2.24, 2.45) is 0 Å². The van der Waals surface area contributed by atoms with Crippen molar-refractivity contribution in [3.05, 3.63) is 47.5 Å². The Bertz CT molecular complexity index is 939. The number of amides is 1. The largest absolute Gasteiger partial charge is 0.496 e. The number of nitrogens with zero attached hydrogens (tertiary/aromatic N) is 1. The number of carbonyl (C=O) groups is 1. The maximum Gasteiger partial charge on any atom is 0.255 e. The zero-order valence-corrected chi connectivity index (χ0v) is 16.9. The van der Waals surface area contributed by atoms with Gasteiger partial charge in [0.2, 0.25) is 10.0 Å². The van der Waals surface area contributed by atoms with Gasteiger partial charge in [-0.05, 0) is 49.7 Å². The van der Waals surface area contributed by atoms with E-state index in [1.54, 1.807) is 31.2 Å². The number of anilines is 1. The molecule has 1 N–H and O–H groups in total. The summed E-state index contributed by atoms with van der Waals surface area (Å²) in [6, 6.07) is 9.63. The number of aryl methyl sites for hydroxylation is 1. The summed E-state index contributed by atoms with van der Waals surface area (Å²) in [4.78, 5) is 12.5. The molecule has 0 radical (unpaired) electrons. The van der Waals surface area contributed by atoms with Gasteiger partial charge in [-0.3, -0.25) is 4.79 Å². The third kappa shape index (κ3) is 4.58. The number of rotatable bonds is 7. The maximum atomic E-state index is 12.6. The van der Waals surface area contributed by atoms with E-state index < -0.39 is 10.0 Å². The van der Waals surface area contributed by atoms with Crippen LogP contribution in [0.5, 0.6) is 11.5 Å². The van der Waals surface area contributed by atoms with Crippen LogP contribution in [0.3, 0.4) is 0 Å². The molecule has 0 aliphatic carbocycles. The number of hydrogen-bond acceptors (Lipinski definition) is 5. The summed E-state index contributed by atoms with van der Waals surface area (Å²) >= 11 is 0. The zero-order chi connectivity index (χ0) is 20.2. The summed E-state index contributed by atoms with van der Waals surface area (Å²) in [5.74, 6) is 0.470. The van der Waals surface area contributed by atoms with Crippen LogP contribution in [0, 0.1) is 6.92 Å². The zero-order valence-electron chi connectivity index (χ0n) is 16.1. The van der Waals surface area contributed by atoms with Crippen molar-refractivity contribution in [1.29, 1.82) is 0 Å². The number of ether oxygens (including phenoxy) is 2. The van der Waals surface area contributed by atoms with Gasteiger partial charge in [-0.2, -0.15) is 0 Å². The monoisotopic (exact) mass is 392 g/mol. The lowest BCUT2D eigenvalue weighted by Gasteiger charge is -2.17. The summed E-state index contributed by atoms with van der Waals surface area (Å²) < 4.78 is 36.9. The summed E-state index contributed by atoms with van der Waals surface area (Å²) in [6.45, 7) is 3.97. The normalized spacial score (nSPS) is 11.3. The first kappa shape index (κ1) is 20.7. The van der Waals surface area contributed by atoms with Gasteiger partial charge in [0.15, 0.2) is 0 Å². The van der Waals surface area contributed by atoms with E-state index in [1.807, 2.05) is 6.92 Å². The molecule has 146 valence electrons. The predicted octanol–water partition coefficient (Wildman–Crippen LogP) is 2.90. The molecule has 8 heteroatoms. The molecule has 0 spiro atoms. The van der Waals surface area contributed by atoms with Crippen molar-refractivity contribution in [3.8, 4) is 11.5 Å². The van der Waals surface area contributed by atoms with E-state index in [2.05, 4.69) is 5.32 Å². The van der Waals surface area contributed by atoms with Crippen LogP contribution in [-0.4, -0.2) is 46.4 Å². The van der Waals surface area contributed by atoms with Gasteiger partial charge in [0.1, 0.15) is 16.4 Å². The van der Waals surface area contributed by atoms with E-state index in [4.69, 9.17) is 9.47 Å². The Labute approximate surface area is 160 Å².